The standard InChI is InChI=1S/C29H26N6O2S/c1-38-25-10-8-22(9-11-25)33-29(37)34-23-7-6-21-14-27(20-4-2-19(16-30)3-5-20)35(28(36)26(21)15-23)13-12-24-17-31-18-32-24/h2-11,15,17-18,27H,12-14H2,1H3,(H,31,32)(H2,33,34,37). The Hall–Kier alpha value is -4.55. The molecule has 3 aromatic carbocycles. The Kier molecular flexibility index (Phi) is 7.43. The SMILES string of the molecule is CSc1ccc(NC(=O)Nc2ccc3c(c2)C(=O)N(CCc2c[nH]cn2)C(c2ccc(C#N)cc2)C3)cc1. The van der Waals surface area contributed by atoms with Gasteiger partial charge in [0.05, 0.1) is 29.7 Å². The number of benzene rings is 3. The smallest absolute Gasteiger partial charge is 0.323 e. The van der Waals surface area contributed by atoms with Crippen molar-refractivity contribution in [2.45, 2.75) is 23.8 Å². The first-order chi connectivity index (χ1) is 18.5. The van der Waals surface area contributed by atoms with Gasteiger partial charge in [-0.05, 0) is 72.3 Å². The minimum absolute atomic E-state index is 0.104. The molecular weight excluding hydrogens is 496 g/mol. The van der Waals surface area contributed by atoms with Crippen molar-refractivity contribution in [1.29, 1.82) is 5.26 Å². The highest BCUT2D eigenvalue weighted by molar-refractivity contribution is 7.98. The van der Waals surface area contributed by atoms with E-state index in [4.69, 9.17) is 0 Å². The van der Waals surface area contributed by atoms with E-state index in [0.717, 1.165) is 21.7 Å². The summed E-state index contributed by atoms with van der Waals surface area (Å²) in [6, 6.07) is 22.0. The lowest BCUT2D eigenvalue weighted by molar-refractivity contribution is 0.0649. The van der Waals surface area contributed by atoms with E-state index < -0.39 is 0 Å². The summed E-state index contributed by atoms with van der Waals surface area (Å²) >= 11 is 1.63. The van der Waals surface area contributed by atoms with E-state index in [9.17, 15) is 14.9 Å². The van der Waals surface area contributed by atoms with Crippen molar-refractivity contribution in [3.8, 4) is 6.07 Å². The lowest BCUT2D eigenvalue weighted by atomic mass is 9.88. The van der Waals surface area contributed by atoms with Crippen LogP contribution in [0.1, 0.15) is 38.8 Å². The summed E-state index contributed by atoms with van der Waals surface area (Å²) in [5.41, 5.74) is 5.13. The van der Waals surface area contributed by atoms with Gasteiger partial charge in [0.15, 0.2) is 0 Å². The molecule has 9 heteroatoms. The number of nitrogens with one attached hydrogen (secondary N) is 3. The average molecular weight is 523 g/mol. The molecule has 1 atom stereocenters. The number of aromatic amines is 1. The molecule has 5 rings (SSSR count). The van der Waals surface area contributed by atoms with Crippen molar-refractivity contribution in [2.75, 3.05) is 23.4 Å². The van der Waals surface area contributed by atoms with Crippen LogP contribution in [0.4, 0.5) is 16.2 Å². The lowest BCUT2D eigenvalue weighted by Crippen LogP contribution is -2.41. The number of imidazole rings is 1. The number of anilines is 2. The van der Waals surface area contributed by atoms with Crippen molar-refractivity contribution < 1.29 is 9.59 Å². The molecule has 0 saturated carbocycles. The van der Waals surface area contributed by atoms with Gasteiger partial charge in [0.1, 0.15) is 0 Å². The summed E-state index contributed by atoms with van der Waals surface area (Å²) in [5.74, 6) is -0.104. The fourth-order valence-corrected chi connectivity index (χ4v) is 5.02. The Morgan fingerprint density at radius 2 is 1.84 bits per heavy atom. The number of aromatic nitrogens is 2. The number of fused-ring (bicyclic) bond motifs is 1. The molecule has 1 aliphatic heterocycles. The highest BCUT2D eigenvalue weighted by Crippen LogP contribution is 2.35. The molecule has 0 radical (unpaired) electrons. The van der Waals surface area contributed by atoms with Gasteiger partial charge in [-0.15, -0.1) is 11.8 Å². The van der Waals surface area contributed by atoms with E-state index >= 15 is 0 Å². The second kappa shape index (κ2) is 11.2. The molecule has 0 aliphatic carbocycles. The number of nitrogens with zero attached hydrogens (tertiary/aromatic N) is 3. The summed E-state index contributed by atoms with van der Waals surface area (Å²) < 4.78 is 0. The quantitative estimate of drug-likeness (QED) is 0.272. The first kappa shape index (κ1) is 25.1. The van der Waals surface area contributed by atoms with Gasteiger partial charge in [0.2, 0.25) is 0 Å². The van der Waals surface area contributed by atoms with Crippen molar-refractivity contribution >= 4 is 35.1 Å². The van der Waals surface area contributed by atoms with Crippen LogP contribution in [0.25, 0.3) is 0 Å². The molecule has 0 bridgehead atoms. The van der Waals surface area contributed by atoms with Crippen LogP contribution < -0.4 is 10.6 Å². The number of carbonyl (C=O) groups is 2. The molecular formula is C29H26N6O2S. The van der Waals surface area contributed by atoms with E-state index in [0.29, 0.717) is 41.9 Å². The lowest BCUT2D eigenvalue weighted by Gasteiger charge is -2.37. The molecule has 0 spiro atoms. The predicted molar refractivity (Wildman–Crippen MR) is 148 cm³/mol. The number of thioether (sulfide) groups is 1. The second-order valence-electron chi connectivity index (χ2n) is 8.94. The molecule has 3 amide bonds. The molecule has 0 fully saturated rings. The number of carbonyl (C=O) groups excluding carboxylic acids is 2. The zero-order valence-corrected chi connectivity index (χ0v) is 21.6. The van der Waals surface area contributed by atoms with Crippen LogP contribution in [0, 0.1) is 11.3 Å². The van der Waals surface area contributed by atoms with E-state index in [1.54, 1.807) is 36.3 Å². The van der Waals surface area contributed by atoms with Gasteiger partial charge in [-0.1, -0.05) is 18.2 Å². The molecule has 1 unspecified atom stereocenters. The highest BCUT2D eigenvalue weighted by Gasteiger charge is 2.33. The van der Waals surface area contributed by atoms with Crippen LogP contribution in [0.15, 0.2) is 84.1 Å². The molecule has 190 valence electrons. The van der Waals surface area contributed by atoms with Crippen LogP contribution in [-0.4, -0.2) is 39.6 Å². The van der Waals surface area contributed by atoms with Gasteiger partial charge in [0, 0.05) is 41.0 Å². The minimum Gasteiger partial charge on any atom is -0.351 e. The molecule has 2 heterocycles. The molecule has 8 nitrogen and oxygen atoms in total. The summed E-state index contributed by atoms with van der Waals surface area (Å²) in [7, 11) is 0. The van der Waals surface area contributed by atoms with Gasteiger partial charge in [-0.25, -0.2) is 9.78 Å². The first-order valence-corrected chi connectivity index (χ1v) is 13.4. The maximum atomic E-state index is 13.8. The number of rotatable bonds is 7. The van der Waals surface area contributed by atoms with E-state index in [1.165, 1.54) is 0 Å². The minimum atomic E-state index is -0.379. The monoisotopic (exact) mass is 522 g/mol. The Morgan fingerprint density at radius 3 is 2.53 bits per heavy atom. The zero-order chi connectivity index (χ0) is 26.5. The Labute approximate surface area is 225 Å². The molecule has 1 aliphatic rings. The third kappa shape index (κ3) is 5.56. The van der Waals surface area contributed by atoms with Crippen LogP contribution in [0.3, 0.4) is 0 Å². The Bertz CT molecular complexity index is 1480. The Morgan fingerprint density at radius 1 is 1.11 bits per heavy atom. The molecule has 38 heavy (non-hydrogen) atoms. The fraction of sp³-hybridized carbons (Fsp3) is 0.172. The maximum Gasteiger partial charge on any atom is 0.323 e. The van der Waals surface area contributed by atoms with Crippen molar-refractivity contribution in [3.63, 3.8) is 0 Å². The largest absolute Gasteiger partial charge is 0.351 e. The zero-order valence-electron chi connectivity index (χ0n) is 20.8. The van der Waals surface area contributed by atoms with Crippen molar-refractivity contribution in [2.24, 2.45) is 0 Å². The van der Waals surface area contributed by atoms with Crippen molar-refractivity contribution in [3.05, 3.63) is 107 Å². The third-order valence-electron chi connectivity index (χ3n) is 6.58. The van der Waals surface area contributed by atoms with Gasteiger partial charge in [-0.3, -0.25) is 4.79 Å². The Balaban J connectivity index is 1.37. The predicted octanol–water partition coefficient (Wildman–Crippen LogP) is 5.63. The summed E-state index contributed by atoms with van der Waals surface area (Å²) in [6.07, 6.45) is 6.68. The number of nitriles is 1. The number of urea groups is 1. The van der Waals surface area contributed by atoms with Crippen LogP contribution >= 0.6 is 11.8 Å². The number of hydrogen-bond donors (Lipinski definition) is 3. The van der Waals surface area contributed by atoms with Gasteiger partial charge < -0.3 is 20.5 Å². The second-order valence-corrected chi connectivity index (χ2v) is 9.82. The van der Waals surface area contributed by atoms with Crippen LogP contribution in [0.2, 0.25) is 0 Å². The van der Waals surface area contributed by atoms with E-state index in [1.807, 2.05) is 65.9 Å². The summed E-state index contributed by atoms with van der Waals surface area (Å²) in [6.45, 7) is 0.484. The topological polar surface area (TPSA) is 114 Å². The maximum absolute atomic E-state index is 13.8. The number of amides is 3. The summed E-state index contributed by atoms with van der Waals surface area (Å²) in [5, 5.41) is 14.9. The average Bonchev–Trinajstić information content (AvgIpc) is 3.47. The van der Waals surface area contributed by atoms with Crippen LogP contribution in [-0.2, 0) is 12.8 Å². The molecule has 4 aromatic rings. The molecule has 3 N–H and O–H groups in total. The first-order valence-electron chi connectivity index (χ1n) is 12.2. The number of H-pyrrole nitrogens is 1. The highest BCUT2D eigenvalue weighted by atomic mass is 32.2. The van der Waals surface area contributed by atoms with Gasteiger partial charge in [-0.2, -0.15) is 5.26 Å². The van der Waals surface area contributed by atoms with Gasteiger partial charge in [0.25, 0.3) is 5.91 Å². The van der Waals surface area contributed by atoms with Crippen LogP contribution in [0.5, 0.6) is 0 Å². The van der Waals surface area contributed by atoms with Gasteiger partial charge >= 0.3 is 6.03 Å². The summed E-state index contributed by atoms with van der Waals surface area (Å²) in [4.78, 5) is 36.6. The van der Waals surface area contributed by atoms with Crippen molar-refractivity contribution in [1.82, 2.24) is 14.9 Å². The normalized spacial score (nSPS) is 14.5. The molecule has 0 saturated heterocycles. The molecule has 1 aromatic heterocycles. The van der Waals surface area contributed by atoms with E-state index in [2.05, 4.69) is 26.7 Å². The fourth-order valence-electron chi connectivity index (χ4n) is 4.61. The van der Waals surface area contributed by atoms with E-state index in [-0.39, 0.29) is 18.0 Å². The number of hydrogen-bond acceptors (Lipinski definition) is 5. The third-order valence-corrected chi connectivity index (χ3v) is 7.33.